The maximum atomic E-state index is 12.4. The van der Waals surface area contributed by atoms with E-state index in [1.807, 2.05) is 36.4 Å². The van der Waals surface area contributed by atoms with Crippen molar-refractivity contribution >= 4 is 34.4 Å². The third-order valence-electron chi connectivity index (χ3n) is 5.57. The number of nitrogens with zero attached hydrogens (tertiary/aromatic N) is 1. The van der Waals surface area contributed by atoms with E-state index in [1.54, 1.807) is 6.92 Å². The summed E-state index contributed by atoms with van der Waals surface area (Å²) in [5.41, 5.74) is 4.54. The van der Waals surface area contributed by atoms with E-state index in [2.05, 4.69) is 27.8 Å². The molecule has 0 bridgehead atoms. The van der Waals surface area contributed by atoms with Crippen LogP contribution in [0.4, 0.5) is 9.93 Å². The molecule has 0 aliphatic heterocycles. The van der Waals surface area contributed by atoms with E-state index in [0.29, 0.717) is 11.3 Å². The molecule has 0 fully saturated rings. The van der Waals surface area contributed by atoms with Crippen molar-refractivity contribution in [3.8, 4) is 11.1 Å². The van der Waals surface area contributed by atoms with Crippen LogP contribution in [0, 0.1) is 5.92 Å². The molecule has 0 saturated carbocycles. The van der Waals surface area contributed by atoms with Crippen molar-refractivity contribution in [3.63, 3.8) is 0 Å². The first-order valence-electron chi connectivity index (χ1n) is 10.5. The molecule has 2 amide bonds. The lowest BCUT2D eigenvalue weighted by molar-refractivity contribution is -0.141. The molecule has 0 spiro atoms. The van der Waals surface area contributed by atoms with Gasteiger partial charge < -0.3 is 15.2 Å². The fraction of sp³-hybridized carbons (Fsp3) is 0.250. The number of hydrogen-bond acceptors (Lipinski definition) is 6. The Bertz CT molecular complexity index is 1150. The van der Waals surface area contributed by atoms with Gasteiger partial charge in [-0.3, -0.25) is 14.9 Å². The number of thiazole rings is 1. The summed E-state index contributed by atoms with van der Waals surface area (Å²) in [5.74, 6) is -1.87. The van der Waals surface area contributed by atoms with Crippen LogP contribution in [0.25, 0.3) is 11.1 Å². The molecule has 1 unspecified atom stereocenters. The molecule has 4 rings (SSSR count). The van der Waals surface area contributed by atoms with Gasteiger partial charge >= 0.3 is 12.1 Å². The van der Waals surface area contributed by atoms with E-state index in [1.165, 1.54) is 6.20 Å². The Balaban J connectivity index is 1.31. The highest BCUT2D eigenvalue weighted by Crippen LogP contribution is 2.44. The minimum Gasteiger partial charge on any atom is -0.481 e. The van der Waals surface area contributed by atoms with Crippen molar-refractivity contribution in [2.45, 2.75) is 19.3 Å². The summed E-state index contributed by atoms with van der Waals surface area (Å²) >= 11 is 1.02. The molecule has 1 atom stereocenters. The van der Waals surface area contributed by atoms with Crippen LogP contribution < -0.4 is 10.6 Å². The summed E-state index contributed by atoms with van der Waals surface area (Å²) in [6.07, 6.45) is 1.04. The lowest BCUT2D eigenvalue weighted by atomic mass is 9.98. The third kappa shape index (κ3) is 5.04. The molecular formula is C24H23N3O5S. The first-order chi connectivity index (χ1) is 15.9. The summed E-state index contributed by atoms with van der Waals surface area (Å²) in [7, 11) is 0. The van der Waals surface area contributed by atoms with Crippen molar-refractivity contribution in [1.82, 2.24) is 10.3 Å². The largest absolute Gasteiger partial charge is 0.481 e. The Morgan fingerprint density at radius 3 is 2.36 bits per heavy atom. The third-order valence-corrected chi connectivity index (χ3v) is 6.48. The minimum absolute atomic E-state index is 0.0472. The molecule has 8 nitrogen and oxygen atoms in total. The van der Waals surface area contributed by atoms with Crippen molar-refractivity contribution in [1.29, 1.82) is 0 Å². The van der Waals surface area contributed by atoms with E-state index < -0.39 is 18.0 Å². The lowest BCUT2D eigenvalue weighted by Crippen LogP contribution is -2.26. The average molecular weight is 466 g/mol. The molecule has 9 heteroatoms. The maximum Gasteiger partial charge on any atom is 0.413 e. The van der Waals surface area contributed by atoms with Crippen LogP contribution >= 0.6 is 11.3 Å². The predicted octanol–water partition coefficient (Wildman–Crippen LogP) is 4.34. The number of carbonyl (C=O) groups is 3. The Kier molecular flexibility index (Phi) is 6.69. The van der Waals surface area contributed by atoms with Gasteiger partial charge in [-0.1, -0.05) is 66.8 Å². The van der Waals surface area contributed by atoms with Gasteiger partial charge in [0.1, 0.15) is 11.5 Å². The molecular weight excluding hydrogens is 442 g/mol. The highest BCUT2D eigenvalue weighted by molar-refractivity contribution is 7.17. The zero-order valence-corrected chi connectivity index (χ0v) is 18.7. The zero-order valence-electron chi connectivity index (χ0n) is 17.9. The number of hydrogen-bond donors (Lipinski definition) is 3. The number of carboxylic acids is 1. The Morgan fingerprint density at radius 2 is 1.73 bits per heavy atom. The first kappa shape index (κ1) is 22.5. The molecule has 3 N–H and O–H groups in total. The summed E-state index contributed by atoms with van der Waals surface area (Å²) in [5, 5.41) is 14.4. The number of carbonyl (C=O) groups excluding carboxylic acids is 2. The van der Waals surface area contributed by atoms with Crippen LogP contribution in [-0.2, 0) is 9.53 Å². The molecule has 3 aromatic rings. The van der Waals surface area contributed by atoms with Crippen LogP contribution in [0.15, 0.2) is 54.7 Å². The van der Waals surface area contributed by atoms with Gasteiger partial charge in [-0.2, -0.15) is 0 Å². The van der Waals surface area contributed by atoms with Crippen molar-refractivity contribution in [2.75, 3.05) is 18.5 Å². The highest BCUT2D eigenvalue weighted by atomic mass is 32.1. The summed E-state index contributed by atoms with van der Waals surface area (Å²) in [6.45, 7) is 2.00. The topological polar surface area (TPSA) is 118 Å². The maximum absolute atomic E-state index is 12.4. The second-order valence-electron chi connectivity index (χ2n) is 7.76. The second kappa shape index (κ2) is 9.83. The molecule has 1 aliphatic carbocycles. The quantitative estimate of drug-likeness (QED) is 0.455. The number of benzene rings is 2. The van der Waals surface area contributed by atoms with Crippen LogP contribution in [0.5, 0.6) is 0 Å². The molecule has 0 radical (unpaired) electrons. The van der Waals surface area contributed by atoms with Gasteiger partial charge in [-0.05, 0) is 28.7 Å². The number of aromatic nitrogens is 1. The fourth-order valence-electron chi connectivity index (χ4n) is 3.77. The van der Waals surface area contributed by atoms with Crippen molar-refractivity contribution in [2.24, 2.45) is 5.92 Å². The smallest absolute Gasteiger partial charge is 0.413 e. The Morgan fingerprint density at radius 1 is 1.09 bits per heavy atom. The van der Waals surface area contributed by atoms with E-state index in [0.717, 1.165) is 33.6 Å². The van der Waals surface area contributed by atoms with Gasteiger partial charge in [0.2, 0.25) is 0 Å². The van der Waals surface area contributed by atoms with E-state index >= 15 is 0 Å². The summed E-state index contributed by atoms with van der Waals surface area (Å²) in [4.78, 5) is 39.8. The van der Waals surface area contributed by atoms with Gasteiger partial charge in [0.15, 0.2) is 5.13 Å². The second-order valence-corrected chi connectivity index (χ2v) is 8.79. The van der Waals surface area contributed by atoms with E-state index in [9.17, 15) is 14.4 Å². The number of amides is 2. The number of carboxylic acid groups (broad SMARTS) is 1. The Labute approximate surface area is 194 Å². The number of nitrogens with one attached hydrogen (secondary N) is 2. The predicted molar refractivity (Wildman–Crippen MR) is 125 cm³/mol. The van der Waals surface area contributed by atoms with Crippen LogP contribution in [0.3, 0.4) is 0 Å². The van der Waals surface area contributed by atoms with Crippen molar-refractivity contribution in [3.05, 3.63) is 70.7 Å². The normalized spacial score (nSPS) is 13.0. The van der Waals surface area contributed by atoms with Crippen molar-refractivity contribution < 1.29 is 24.2 Å². The minimum atomic E-state index is -0.906. The van der Waals surface area contributed by atoms with Gasteiger partial charge in [0.05, 0.1) is 12.1 Å². The number of aliphatic carboxylic acids is 1. The Hall–Kier alpha value is -3.72. The fourth-order valence-corrected chi connectivity index (χ4v) is 4.49. The van der Waals surface area contributed by atoms with Gasteiger partial charge in [-0.15, -0.1) is 0 Å². The molecule has 1 heterocycles. The number of anilines is 1. The van der Waals surface area contributed by atoms with Crippen LogP contribution in [-0.4, -0.2) is 41.2 Å². The van der Waals surface area contributed by atoms with Gasteiger partial charge in [0.25, 0.3) is 5.91 Å². The highest BCUT2D eigenvalue weighted by Gasteiger charge is 2.29. The van der Waals surface area contributed by atoms with Crippen LogP contribution in [0.2, 0.25) is 0 Å². The SMILES string of the molecule is CC(CCNC(=O)c1cnc(NC(=O)OCC2c3ccccc3-c3ccccc32)s1)C(=O)O. The number of rotatable bonds is 8. The van der Waals surface area contributed by atoms with E-state index in [4.69, 9.17) is 9.84 Å². The first-order valence-corrected chi connectivity index (χ1v) is 11.3. The number of ether oxygens (including phenoxy) is 1. The molecule has 1 aliphatic rings. The monoisotopic (exact) mass is 465 g/mol. The summed E-state index contributed by atoms with van der Waals surface area (Å²) < 4.78 is 5.49. The van der Waals surface area contributed by atoms with Gasteiger partial charge in [0, 0.05) is 12.5 Å². The molecule has 1 aromatic heterocycles. The molecule has 0 saturated heterocycles. The van der Waals surface area contributed by atoms with E-state index in [-0.39, 0.29) is 30.1 Å². The van der Waals surface area contributed by atoms with Crippen LogP contribution in [0.1, 0.15) is 40.1 Å². The number of fused-ring (bicyclic) bond motifs is 3. The average Bonchev–Trinajstić information content (AvgIpc) is 3.40. The standard InChI is InChI=1S/C24H23N3O5S/c1-14(22(29)30)10-11-25-21(28)20-12-26-23(33-20)27-24(31)32-13-19-17-8-4-2-6-15(17)16-7-3-5-9-18(16)19/h2-9,12,14,19H,10-11,13H2,1H3,(H,25,28)(H,29,30)(H,26,27,31). The summed E-state index contributed by atoms with van der Waals surface area (Å²) in [6, 6.07) is 16.2. The molecule has 170 valence electrons. The molecule has 2 aromatic carbocycles. The zero-order chi connectivity index (χ0) is 23.4. The lowest BCUT2D eigenvalue weighted by Gasteiger charge is -2.14. The molecule has 33 heavy (non-hydrogen) atoms. The van der Waals surface area contributed by atoms with Gasteiger partial charge in [-0.25, -0.2) is 9.78 Å².